The minimum atomic E-state index is 0.0266. The van der Waals surface area contributed by atoms with E-state index in [1.54, 1.807) is 18.4 Å². The molecule has 0 unspecified atom stereocenters. The van der Waals surface area contributed by atoms with Crippen LogP contribution in [0.4, 0.5) is 0 Å². The quantitative estimate of drug-likeness (QED) is 0.473. The molecule has 0 radical (unpaired) electrons. The minimum Gasteiger partial charge on any atom is -0.497 e. The summed E-state index contributed by atoms with van der Waals surface area (Å²) in [6.45, 7) is 2.24. The first-order chi connectivity index (χ1) is 14.6. The van der Waals surface area contributed by atoms with E-state index in [9.17, 15) is 4.79 Å². The lowest BCUT2D eigenvalue weighted by molar-refractivity contribution is 0.0910. The van der Waals surface area contributed by atoms with Gasteiger partial charge in [0.2, 0.25) is 0 Å². The summed E-state index contributed by atoms with van der Waals surface area (Å²) in [6, 6.07) is 14.1. The van der Waals surface area contributed by atoms with Gasteiger partial charge in [-0.15, -0.1) is 0 Å². The number of imidazole rings is 1. The van der Waals surface area contributed by atoms with Crippen LogP contribution in [0.1, 0.15) is 43.0 Å². The highest BCUT2D eigenvalue weighted by Crippen LogP contribution is 2.31. The first-order valence-electron chi connectivity index (χ1n) is 10.5. The molecule has 1 saturated carbocycles. The van der Waals surface area contributed by atoms with Crippen LogP contribution in [-0.2, 0) is 0 Å². The molecule has 0 bridgehead atoms. The Kier molecular flexibility index (Phi) is 4.95. The number of benzene rings is 2. The van der Waals surface area contributed by atoms with Crippen molar-refractivity contribution >= 4 is 32.4 Å². The number of ether oxygens (including phenoxy) is 1. The van der Waals surface area contributed by atoms with E-state index in [0.717, 1.165) is 44.2 Å². The molecule has 30 heavy (non-hydrogen) atoms. The van der Waals surface area contributed by atoms with Crippen LogP contribution in [0.25, 0.3) is 26.4 Å². The normalized spacial score (nSPS) is 19.3. The van der Waals surface area contributed by atoms with Crippen LogP contribution in [0.15, 0.2) is 48.7 Å². The monoisotopic (exact) mass is 419 g/mol. The van der Waals surface area contributed by atoms with E-state index >= 15 is 0 Å². The largest absolute Gasteiger partial charge is 0.497 e. The zero-order chi connectivity index (χ0) is 20.7. The molecule has 1 aliphatic rings. The third kappa shape index (κ3) is 3.45. The summed E-state index contributed by atoms with van der Waals surface area (Å²) in [7, 11) is 1.67. The Morgan fingerprint density at radius 3 is 2.90 bits per heavy atom. The van der Waals surface area contributed by atoms with Crippen molar-refractivity contribution in [2.75, 3.05) is 7.11 Å². The van der Waals surface area contributed by atoms with Crippen molar-refractivity contribution < 1.29 is 9.53 Å². The van der Waals surface area contributed by atoms with Gasteiger partial charge < -0.3 is 10.1 Å². The average molecular weight is 420 g/mol. The molecule has 2 aromatic heterocycles. The summed E-state index contributed by atoms with van der Waals surface area (Å²) < 4.78 is 8.49. The molecule has 2 heterocycles. The number of methoxy groups -OCH3 is 1. The van der Waals surface area contributed by atoms with E-state index in [0.29, 0.717) is 5.92 Å². The fourth-order valence-electron chi connectivity index (χ4n) is 4.35. The molecule has 154 valence electrons. The van der Waals surface area contributed by atoms with Crippen molar-refractivity contribution in [3.63, 3.8) is 0 Å². The van der Waals surface area contributed by atoms with E-state index < -0.39 is 0 Å². The number of aromatic nitrogens is 2. The number of carbonyl (C=O) groups excluding carboxylic acids is 1. The van der Waals surface area contributed by atoms with Crippen molar-refractivity contribution in [1.29, 1.82) is 0 Å². The van der Waals surface area contributed by atoms with Gasteiger partial charge in [0.05, 0.1) is 23.0 Å². The maximum Gasteiger partial charge on any atom is 0.251 e. The van der Waals surface area contributed by atoms with Crippen molar-refractivity contribution in [2.24, 2.45) is 5.92 Å². The van der Waals surface area contributed by atoms with Crippen molar-refractivity contribution in [1.82, 2.24) is 14.7 Å². The topological polar surface area (TPSA) is 55.6 Å². The fraction of sp³-hybridized carbons (Fsp3) is 0.333. The number of hydrogen-bond acceptors (Lipinski definition) is 4. The van der Waals surface area contributed by atoms with Crippen LogP contribution in [0.2, 0.25) is 0 Å². The number of fused-ring (bicyclic) bond motifs is 3. The number of carbonyl (C=O) groups is 1. The predicted octanol–water partition coefficient (Wildman–Crippen LogP) is 5.53. The molecule has 0 aliphatic heterocycles. The second-order valence-corrected chi connectivity index (χ2v) is 9.15. The second-order valence-electron chi connectivity index (χ2n) is 8.14. The molecule has 1 fully saturated rings. The molecule has 1 aliphatic carbocycles. The Hall–Kier alpha value is -2.86. The van der Waals surface area contributed by atoms with Gasteiger partial charge in [-0.05, 0) is 49.1 Å². The summed E-state index contributed by atoms with van der Waals surface area (Å²) >= 11 is 1.61. The summed E-state index contributed by atoms with van der Waals surface area (Å²) in [5.41, 5.74) is 3.73. The van der Waals surface area contributed by atoms with E-state index in [1.165, 1.54) is 19.3 Å². The highest BCUT2D eigenvalue weighted by atomic mass is 32.1. The molecule has 2 atom stereocenters. The number of hydrogen-bond donors (Lipinski definition) is 1. The highest BCUT2D eigenvalue weighted by Gasteiger charge is 2.23. The van der Waals surface area contributed by atoms with Gasteiger partial charge in [0.25, 0.3) is 5.91 Å². The second kappa shape index (κ2) is 7.76. The van der Waals surface area contributed by atoms with Crippen LogP contribution < -0.4 is 10.1 Å². The standard InChI is InChI=1S/C24H25N3O2S/c1-15-6-3-4-9-19(15)25-23(28)17-10-11-21-22(13-17)30-24-26-20(14-27(21)24)16-7-5-8-18(12-16)29-2/h5,7-8,10-15,19H,3-4,6,9H2,1-2H3,(H,25,28)/t15-,19+/m0/s1. The van der Waals surface area contributed by atoms with E-state index in [4.69, 9.17) is 9.72 Å². The number of nitrogens with zero attached hydrogens (tertiary/aromatic N) is 2. The Labute approximate surface area is 179 Å². The maximum atomic E-state index is 12.8. The van der Waals surface area contributed by atoms with Crippen LogP contribution in [-0.4, -0.2) is 28.4 Å². The van der Waals surface area contributed by atoms with E-state index in [2.05, 4.69) is 16.6 Å². The van der Waals surface area contributed by atoms with Gasteiger partial charge in [-0.1, -0.05) is 43.2 Å². The van der Waals surface area contributed by atoms with Gasteiger partial charge in [-0.3, -0.25) is 9.20 Å². The maximum absolute atomic E-state index is 12.8. The van der Waals surface area contributed by atoms with Crippen molar-refractivity contribution in [2.45, 2.75) is 38.6 Å². The average Bonchev–Trinajstić information content (AvgIpc) is 3.33. The number of nitrogens with one attached hydrogen (secondary N) is 1. The molecule has 1 amide bonds. The lowest BCUT2D eigenvalue weighted by Crippen LogP contribution is -2.41. The minimum absolute atomic E-state index is 0.0266. The Balaban J connectivity index is 1.43. The van der Waals surface area contributed by atoms with Crippen LogP contribution >= 0.6 is 11.3 Å². The molecule has 5 nitrogen and oxygen atoms in total. The number of thiazole rings is 1. The summed E-state index contributed by atoms with van der Waals surface area (Å²) in [6.07, 6.45) is 6.79. The predicted molar refractivity (Wildman–Crippen MR) is 121 cm³/mol. The van der Waals surface area contributed by atoms with Gasteiger partial charge in [0.15, 0.2) is 4.96 Å². The number of rotatable bonds is 4. The lowest BCUT2D eigenvalue weighted by Gasteiger charge is -2.29. The van der Waals surface area contributed by atoms with Gasteiger partial charge >= 0.3 is 0 Å². The molecule has 1 N–H and O–H groups in total. The molecular weight excluding hydrogens is 394 g/mol. The van der Waals surface area contributed by atoms with E-state index in [-0.39, 0.29) is 11.9 Å². The summed E-state index contributed by atoms with van der Waals surface area (Å²) in [4.78, 5) is 18.5. The van der Waals surface area contributed by atoms with Crippen LogP contribution in [0, 0.1) is 5.92 Å². The third-order valence-corrected chi connectivity index (χ3v) is 7.17. The molecular formula is C24H25N3O2S. The molecule has 4 aromatic rings. The molecule has 2 aromatic carbocycles. The molecule has 5 rings (SSSR count). The first kappa shape index (κ1) is 19.1. The zero-order valence-electron chi connectivity index (χ0n) is 17.2. The summed E-state index contributed by atoms with van der Waals surface area (Å²) in [5.74, 6) is 1.39. The number of amides is 1. The van der Waals surface area contributed by atoms with Crippen molar-refractivity contribution in [3.8, 4) is 17.0 Å². The lowest BCUT2D eigenvalue weighted by atomic mass is 9.86. The van der Waals surface area contributed by atoms with Crippen LogP contribution in [0.5, 0.6) is 5.75 Å². The Morgan fingerprint density at radius 1 is 1.20 bits per heavy atom. The van der Waals surface area contributed by atoms with Gasteiger partial charge in [-0.2, -0.15) is 0 Å². The van der Waals surface area contributed by atoms with Crippen LogP contribution in [0.3, 0.4) is 0 Å². The van der Waals surface area contributed by atoms with E-state index in [1.807, 2.05) is 48.7 Å². The first-order valence-corrected chi connectivity index (χ1v) is 11.3. The zero-order valence-corrected chi connectivity index (χ0v) is 18.0. The third-order valence-electron chi connectivity index (χ3n) is 6.15. The fourth-order valence-corrected chi connectivity index (χ4v) is 5.39. The summed E-state index contributed by atoms with van der Waals surface area (Å²) in [5, 5.41) is 3.25. The molecule has 0 spiro atoms. The highest BCUT2D eigenvalue weighted by molar-refractivity contribution is 7.23. The SMILES string of the molecule is COc1cccc(-c2cn3c(n2)sc2cc(C(=O)N[C@@H]4CCCC[C@@H]4C)ccc23)c1. The smallest absolute Gasteiger partial charge is 0.251 e. The van der Waals surface area contributed by atoms with Gasteiger partial charge in [0, 0.05) is 23.4 Å². The molecule has 0 saturated heterocycles. The molecule has 6 heteroatoms. The Morgan fingerprint density at radius 2 is 2.07 bits per heavy atom. The van der Waals surface area contributed by atoms with Crippen molar-refractivity contribution in [3.05, 3.63) is 54.2 Å². The Bertz CT molecular complexity index is 1230. The van der Waals surface area contributed by atoms with Gasteiger partial charge in [0.1, 0.15) is 5.75 Å². The van der Waals surface area contributed by atoms with Gasteiger partial charge in [-0.25, -0.2) is 4.98 Å².